The maximum Gasteiger partial charge on any atom is 0.133 e. The van der Waals surface area contributed by atoms with Crippen LogP contribution in [0.2, 0.25) is 0 Å². The lowest BCUT2D eigenvalue weighted by molar-refractivity contribution is 0.168. The van der Waals surface area contributed by atoms with E-state index >= 15 is 0 Å². The molecule has 1 aliphatic heterocycles. The second-order valence-corrected chi connectivity index (χ2v) is 11.7. The van der Waals surface area contributed by atoms with Gasteiger partial charge in [-0.25, -0.2) is 4.98 Å². The van der Waals surface area contributed by atoms with Crippen molar-refractivity contribution >= 4 is 44.0 Å². The Morgan fingerprint density at radius 2 is 1.92 bits per heavy atom. The largest absolute Gasteiger partial charge is 0.387 e. The summed E-state index contributed by atoms with van der Waals surface area (Å²) in [6.45, 7) is 8.95. The number of aliphatic hydroxyl groups is 1. The molecule has 2 aromatic carbocycles. The maximum atomic E-state index is 11.0. The molecule has 0 radical (unpaired) electrons. The molecule has 7 heteroatoms. The van der Waals surface area contributed by atoms with Crippen molar-refractivity contribution in [3.05, 3.63) is 70.1 Å². The summed E-state index contributed by atoms with van der Waals surface area (Å²) in [4.78, 5) is 9.34. The first-order valence-corrected chi connectivity index (χ1v) is 14.6. The minimum Gasteiger partial charge on any atom is -0.387 e. The normalized spacial score (nSPS) is 15.6. The van der Waals surface area contributed by atoms with Crippen LogP contribution < -0.4 is 16.0 Å². The molecule has 5 rings (SSSR count). The van der Waals surface area contributed by atoms with Crippen molar-refractivity contribution in [2.75, 3.05) is 24.5 Å². The Balaban J connectivity index is 1.28. The SMILES string of the molecule is CCCc1cc(N2CCC(NCC(O)c3cccc4ccccc34)CC2)nc2sc(C(=N)N)c(C(C)C)c12. The summed E-state index contributed by atoms with van der Waals surface area (Å²) in [7, 11) is 0. The number of hydrogen-bond donors (Lipinski definition) is 4. The van der Waals surface area contributed by atoms with Gasteiger partial charge in [0.15, 0.2) is 0 Å². The molecule has 2 aromatic heterocycles. The third-order valence-corrected chi connectivity index (χ3v) is 8.84. The molecule has 1 atom stereocenters. The van der Waals surface area contributed by atoms with Gasteiger partial charge in [0.1, 0.15) is 16.5 Å². The van der Waals surface area contributed by atoms with E-state index in [-0.39, 0.29) is 11.8 Å². The third kappa shape index (κ3) is 5.28. The van der Waals surface area contributed by atoms with Gasteiger partial charge in [-0.15, -0.1) is 11.3 Å². The molecule has 5 N–H and O–H groups in total. The average molecular weight is 530 g/mol. The van der Waals surface area contributed by atoms with E-state index in [1.54, 1.807) is 11.3 Å². The lowest BCUT2D eigenvalue weighted by Gasteiger charge is -2.34. The average Bonchev–Trinajstić information content (AvgIpc) is 3.33. The molecule has 200 valence electrons. The van der Waals surface area contributed by atoms with Gasteiger partial charge in [-0.3, -0.25) is 5.41 Å². The molecule has 3 heterocycles. The van der Waals surface area contributed by atoms with Gasteiger partial charge in [-0.05, 0) is 58.7 Å². The van der Waals surface area contributed by atoms with E-state index in [2.05, 4.69) is 55.3 Å². The van der Waals surface area contributed by atoms with Crippen LogP contribution in [-0.2, 0) is 6.42 Å². The first kappa shape index (κ1) is 26.6. The molecular weight excluding hydrogens is 490 g/mol. The molecule has 0 amide bonds. The number of nitrogen functional groups attached to an aromatic ring is 1. The highest BCUT2D eigenvalue weighted by Gasteiger charge is 2.25. The zero-order valence-electron chi connectivity index (χ0n) is 22.6. The number of nitrogens with zero attached hydrogens (tertiary/aromatic N) is 2. The van der Waals surface area contributed by atoms with Crippen LogP contribution in [0.15, 0.2) is 48.5 Å². The molecule has 0 bridgehead atoms. The molecule has 6 nitrogen and oxygen atoms in total. The minimum atomic E-state index is -0.538. The van der Waals surface area contributed by atoms with E-state index in [0.29, 0.717) is 12.6 Å². The second-order valence-electron chi connectivity index (χ2n) is 10.7. The van der Waals surface area contributed by atoms with E-state index in [1.165, 1.54) is 16.5 Å². The number of benzene rings is 2. The molecular formula is C31H39N5OS. The number of amidine groups is 1. The maximum absolute atomic E-state index is 11.0. The molecule has 1 aliphatic rings. The fourth-order valence-corrected chi connectivity index (χ4v) is 7.04. The van der Waals surface area contributed by atoms with Crippen LogP contribution in [0, 0.1) is 5.41 Å². The zero-order chi connectivity index (χ0) is 26.8. The Morgan fingerprint density at radius 1 is 1.18 bits per heavy atom. The predicted octanol–water partition coefficient (Wildman–Crippen LogP) is 6.10. The highest BCUT2D eigenvalue weighted by Crippen LogP contribution is 2.39. The number of aryl methyl sites for hydroxylation is 1. The molecule has 4 aromatic rings. The molecule has 0 spiro atoms. The number of nitrogens with one attached hydrogen (secondary N) is 2. The van der Waals surface area contributed by atoms with Crippen LogP contribution >= 0.6 is 11.3 Å². The minimum absolute atomic E-state index is 0.137. The van der Waals surface area contributed by atoms with Gasteiger partial charge in [-0.1, -0.05) is 69.7 Å². The summed E-state index contributed by atoms with van der Waals surface area (Å²) in [5.74, 6) is 1.46. The van der Waals surface area contributed by atoms with Crippen LogP contribution in [0.1, 0.15) is 73.6 Å². The number of fused-ring (bicyclic) bond motifs is 2. The number of hydrogen-bond acceptors (Lipinski definition) is 6. The number of nitrogens with two attached hydrogens (primary N) is 1. The van der Waals surface area contributed by atoms with Crippen molar-refractivity contribution in [1.29, 1.82) is 5.41 Å². The van der Waals surface area contributed by atoms with Gasteiger partial charge >= 0.3 is 0 Å². The van der Waals surface area contributed by atoms with Crippen molar-refractivity contribution in [3.63, 3.8) is 0 Å². The number of rotatable bonds is 9. The number of thiophene rings is 1. The van der Waals surface area contributed by atoms with Crippen molar-refractivity contribution in [2.24, 2.45) is 5.73 Å². The Labute approximate surface area is 229 Å². The van der Waals surface area contributed by atoms with Crippen LogP contribution in [-0.4, -0.2) is 41.6 Å². The number of aliphatic hydroxyl groups excluding tert-OH is 1. The Hall–Kier alpha value is -3.00. The first-order chi connectivity index (χ1) is 18.4. The number of anilines is 1. The van der Waals surface area contributed by atoms with Crippen molar-refractivity contribution in [1.82, 2.24) is 10.3 Å². The van der Waals surface area contributed by atoms with E-state index in [0.717, 1.165) is 70.6 Å². The molecule has 38 heavy (non-hydrogen) atoms. The van der Waals surface area contributed by atoms with Crippen LogP contribution in [0.25, 0.3) is 21.0 Å². The van der Waals surface area contributed by atoms with Crippen LogP contribution in [0.5, 0.6) is 0 Å². The first-order valence-electron chi connectivity index (χ1n) is 13.8. The zero-order valence-corrected chi connectivity index (χ0v) is 23.4. The summed E-state index contributed by atoms with van der Waals surface area (Å²) in [5.41, 5.74) is 9.45. The smallest absolute Gasteiger partial charge is 0.133 e. The second kappa shape index (κ2) is 11.4. The predicted molar refractivity (Wildman–Crippen MR) is 161 cm³/mol. The fraction of sp³-hybridized carbons (Fsp3) is 0.419. The molecule has 1 unspecified atom stereocenters. The van der Waals surface area contributed by atoms with Gasteiger partial charge in [0.2, 0.25) is 0 Å². The van der Waals surface area contributed by atoms with E-state index in [4.69, 9.17) is 16.1 Å². The number of piperidine rings is 1. The molecule has 1 saturated heterocycles. The quantitative estimate of drug-likeness (QED) is 0.155. The lowest BCUT2D eigenvalue weighted by Crippen LogP contribution is -2.44. The monoisotopic (exact) mass is 529 g/mol. The summed E-state index contributed by atoms with van der Waals surface area (Å²) < 4.78 is 0. The highest BCUT2D eigenvalue weighted by atomic mass is 32.1. The Morgan fingerprint density at radius 3 is 2.63 bits per heavy atom. The van der Waals surface area contributed by atoms with E-state index in [1.807, 2.05) is 24.3 Å². The number of pyridine rings is 1. The topological polar surface area (TPSA) is 98.3 Å². The Kier molecular flexibility index (Phi) is 7.98. The lowest BCUT2D eigenvalue weighted by atomic mass is 9.95. The highest BCUT2D eigenvalue weighted by molar-refractivity contribution is 7.20. The third-order valence-electron chi connectivity index (χ3n) is 7.71. The van der Waals surface area contributed by atoms with Crippen LogP contribution in [0.3, 0.4) is 0 Å². The fourth-order valence-electron chi connectivity index (χ4n) is 5.81. The van der Waals surface area contributed by atoms with Gasteiger partial charge < -0.3 is 21.1 Å². The number of aromatic nitrogens is 1. The van der Waals surface area contributed by atoms with Crippen LogP contribution in [0.4, 0.5) is 5.82 Å². The van der Waals surface area contributed by atoms with Crippen molar-refractivity contribution in [2.45, 2.75) is 64.5 Å². The molecule has 0 saturated carbocycles. The van der Waals surface area contributed by atoms with Gasteiger partial charge in [0, 0.05) is 31.1 Å². The summed E-state index contributed by atoms with van der Waals surface area (Å²) >= 11 is 1.56. The van der Waals surface area contributed by atoms with Gasteiger partial charge in [0.05, 0.1) is 11.0 Å². The summed E-state index contributed by atoms with van der Waals surface area (Å²) in [6, 6.07) is 17.0. The van der Waals surface area contributed by atoms with E-state index < -0.39 is 6.10 Å². The van der Waals surface area contributed by atoms with Gasteiger partial charge in [-0.2, -0.15) is 0 Å². The van der Waals surface area contributed by atoms with Crippen molar-refractivity contribution < 1.29 is 5.11 Å². The van der Waals surface area contributed by atoms with Gasteiger partial charge in [0.25, 0.3) is 0 Å². The summed E-state index contributed by atoms with van der Waals surface area (Å²) in [6.07, 6.45) is 3.52. The standard InChI is InChI=1S/C31H39N5OS/c1-4-8-21-17-26(35-31-28(21)27(19(2)3)29(38-31)30(32)33)36-15-13-22(14-16-36)34-18-25(37)24-12-7-10-20-9-5-6-11-23(20)24/h5-7,9-12,17,19,22,25,34,37H,4,8,13-16,18H2,1-3H3,(H3,32,33). The molecule has 0 aliphatic carbocycles. The van der Waals surface area contributed by atoms with Crippen molar-refractivity contribution in [3.8, 4) is 0 Å². The van der Waals surface area contributed by atoms with E-state index in [9.17, 15) is 5.11 Å². The molecule has 1 fully saturated rings. The summed E-state index contributed by atoms with van der Waals surface area (Å²) in [5, 5.41) is 26.2. The Bertz CT molecular complexity index is 1430.